The first-order valence-electron chi connectivity index (χ1n) is 5.92. The second-order valence-corrected chi connectivity index (χ2v) is 4.69. The summed E-state index contributed by atoms with van der Waals surface area (Å²) in [7, 11) is 2.11. The van der Waals surface area contributed by atoms with Crippen LogP contribution in [0.5, 0.6) is 0 Å². The Hall–Kier alpha value is -0.830. The Morgan fingerprint density at radius 2 is 2.00 bits per heavy atom. The van der Waals surface area contributed by atoms with E-state index in [1.807, 2.05) is 12.1 Å². The molecule has 1 aromatic heterocycles. The Kier molecular flexibility index (Phi) is 3.99. The molecule has 2 rings (SSSR count). The quantitative estimate of drug-likeness (QED) is 0.760. The zero-order valence-electron chi connectivity index (χ0n) is 9.69. The largest absolute Gasteiger partial charge is 0.355 e. The van der Waals surface area contributed by atoms with Gasteiger partial charge >= 0.3 is 0 Å². The van der Waals surface area contributed by atoms with Gasteiger partial charge in [-0.2, -0.15) is 5.10 Å². The molecule has 0 bridgehead atoms. The first-order valence-corrected chi connectivity index (χ1v) is 6.46. The van der Waals surface area contributed by atoms with Gasteiger partial charge in [-0.1, -0.05) is 19.3 Å². The van der Waals surface area contributed by atoms with E-state index >= 15 is 0 Å². The second-order valence-electron chi connectivity index (χ2n) is 4.42. The third-order valence-corrected chi connectivity index (χ3v) is 3.60. The molecule has 1 fully saturated rings. The van der Waals surface area contributed by atoms with Crippen LogP contribution < -0.4 is 4.90 Å². The van der Waals surface area contributed by atoms with Gasteiger partial charge in [-0.15, -0.1) is 16.7 Å². The fraction of sp³-hybridized carbons (Fsp3) is 0.667. The normalized spacial score (nSPS) is 17.4. The van der Waals surface area contributed by atoms with Crippen molar-refractivity contribution in [1.82, 2.24) is 10.2 Å². The van der Waals surface area contributed by atoms with Gasteiger partial charge < -0.3 is 4.90 Å². The molecule has 3 nitrogen and oxygen atoms in total. The highest BCUT2D eigenvalue weighted by Crippen LogP contribution is 2.24. The molecule has 4 heteroatoms. The predicted octanol–water partition coefficient (Wildman–Crippen LogP) is 2.98. The first kappa shape index (κ1) is 11.6. The number of alkyl halides is 1. The van der Waals surface area contributed by atoms with Crippen molar-refractivity contribution in [3.8, 4) is 0 Å². The van der Waals surface area contributed by atoms with Crippen molar-refractivity contribution < 1.29 is 0 Å². The molecule has 1 saturated carbocycles. The Labute approximate surface area is 102 Å². The summed E-state index contributed by atoms with van der Waals surface area (Å²) in [5.41, 5.74) is 0.836. The van der Waals surface area contributed by atoms with E-state index < -0.39 is 0 Å². The Bertz CT molecular complexity index is 320. The van der Waals surface area contributed by atoms with E-state index in [1.54, 1.807) is 0 Å². The minimum atomic E-state index is 0.431. The SMILES string of the molecule is CN(c1ccc(CCl)nn1)C1CCCCC1. The molecule has 1 aromatic rings. The van der Waals surface area contributed by atoms with Gasteiger partial charge in [0.15, 0.2) is 5.82 Å². The van der Waals surface area contributed by atoms with Gasteiger partial charge in [-0.3, -0.25) is 0 Å². The van der Waals surface area contributed by atoms with Crippen LogP contribution in [0.15, 0.2) is 12.1 Å². The standard InChI is InChI=1S/C12H18ClN3/c1-16(11-5-3-2-4-6-11)12-8-7-10(9-13)14-15-12/h7-8,11H,2-6,9H2,1H3. The van der Waals surface area contributed by atoms with Crippen LogP contribution >= 0.6 is 11.6 Å². The van der Waals surface area contributed by atoms with E-state index in [4.69, 9.17) is 11.6 Å². The van der Waals surface area contributed by atoms with Crippen LogP contribution in [0, 0.1) is 0 Å². The highest BCUT2D eigenvalue weighted by molar-refractivity contribution is 6.16. The number of hydrogen-bond donors (Lipinski definition) is 0. The molecular weight excluding hydrogens is 222 g/mol. The van der Waals surface area contributed by atoms with E-state index in [0.717, 1.165) is 11.5 Å². The second kappa shape index (κ2) is 5.48. The monoisotopic (exact) mass is 239 g/mol. The average Bonchev–Trinajstić information content (AvgIpc) is 2.39. The van der Waals surface area contributed by atoms with Gasteiger partial charge in [0.05, 0.1) is 11.6 Å². The minimum Gasteiger partial charge on any atom is -0.355 e. The molecule has 0 unspecified atom stereocenters. The number of nitrogens with zero attached hydrogens (tertiary/aromatic N) is 3. The van der Waals surface area contributed by atoms with Crippen LogP contribution in [0.1, 0.15) is 37.8 Å². The van der Waals surface area contributed by atoms with Gasteiger partial charge in [0.2, 0.25) is 0 Å². The summed E-state index contributed by atoms with van der Waals surface area (Å²) in [5.74, 6) is 1.39. The van der Waals surface area contributed by atoms with Crippen LogP contribution in [-0.2, 0) is 5.88 Å². The predicted molar refractivity (Wildman–Crippen MR) is 66.9 cm³/mol. The smallest absolute Gasteiger partial charge is 0.151 e. The molecule has 1 aliphatic carbocycles. The topological polar surface area (TPSA) is 29.0 Å². The fourth-order valence-electron chi connectivity index (χ4n) is 2.27. The van der Waals surface area contributed by atoms with Crippen molar-refractivity contribution in [1.29, 1.82) is 0 Å². The summed E-state index contributed by atoms with van der Waals surface area (Å²) < 4.78 is 0. The van der Waals surface area contributed by atoms with Gasteiger partial charge in [-0.05, 0) is 25.0 Å². The van der Waals surface area contributed by atoms with Crippen molar-refractivity contribution in [3.63, 3.8) is 0 Å². The van der Waals surface area contributed by atoms with Crippen LogP contribution in [0.25, 0.3) is 0 Å². The molecule has 88 valence electrons. The molecule has 0 N–H and O–H groups in total. The number of anilines is 1. The van der Waals surface area contributed by atoms with Crippen molar-refractivity contribution in [2.45, 2.75) is 44.0 Å². The number of aromatic nitrogens is 2. The maximum absolute atomic E-state index is 5.69. The van der Waals surface area contributed by atoms with Crippen molar-refractivity contribution in [3.05, 3.63) is 17.8 Å². The maximum Gasteiger partial charge on any atom is 0.151 e. The molecule has 0 aliphatic heterocycles. The fourth-order valence-corrected chi connectivity index (χ4v) is 2.41. The third-order valence-electron chi connectivity index (χ3n) is 3.33. The Morgan fingerprint density at radius 1 is 1.25 bits per heavy atom. The Morgan fingerprint density at radius 3 is 2.56 bits per heavy atom. The molecule has 0 atom stereocenters. The number of rotatable bonds is 3. The molecule has 0 amide bonds. The lowest BCUT2D eigenvalue weighted by atomic mass is 9.94. The lowest BCUT2D eigenvalue weighted by Gasteiger charge is -2.31. The van der Waals surface area contributed by atoms with Gasteiger partial charge in [0, 0.05) is 13.1 Å². The summed E-state index contributed by atoms with van der Waals surface area (Å²) in [6, 6.07) is 4.60. The Balaban J connectivity index is 2.04. The van der Waals surface area contributed by atoms with Gasteiger partial charge in [-0.25, -0.2) is 0 Å². The minimum absolute atomic E-state index is 0.431. The molecule has 0 spiro atoms. The molecule has 1 heterocycles. The molecular formula is C12H18ClN3. The van der Waals surface area contributed by atoms with Gasteiger partial charge in [0.25, 0.3) is 0 Å². The maximum atomic E-state index is 5.69. The summed E-state index contributed by atoms with van der Waals surface area (Å²) in [4.78, 5) is 2.25. The summed E-state index contributed by atoms with van der Waals surface area (Å²) in [6.45, 7) is 0. The van der Waals surface area contributed by atoms with Crippen molar-refractivity contribution in [2.24, 2.45) is 0 Å². The lowest BCUT2D eigenvalue weighted by molar-refractivity contribution is 0.425. The van der Waals surface area contributed by atoms with Crippen molar-refractivity contribution >= 4 is 17.4 Å². The highest BCUT2D eigenvalue weighted by Gasteiger charge is 2.19. The number of halogens is 1. The first-order chi connectivity index (χ1) is 7.81. The van der Waals surface area contributed by atoms with E-state index in [-0.39, 0.29) is 0 Å². The van der Waals surface area contributed by atoms with Crippen LogP contribution in [-0.4, -0.2) is 23.3 Å². The highest BCUT2D eigenvalue weighted by atomic mass is 35.5. The summed E-state index contributed by atoms with van der Waals surface area (Å²) in [6.07, 6.45) is 6.59. The molecule has 0 radical (unpaired) electrons. The lowest BCUT2D eigenvalue weighted by Crippen LogP contribution is -2.34. The zero-order chi connectivity index (χ0) is 11.4. The summed E-state index contributed by atoms with van der Waals surface area (Å²) >= 11 is 5.69. The average molecular weight is 240 g/mol. The van der Waals surface area contributed by atoms with Crippen molar-refractivity contribution in [2.75, 3.05) is 11.9 Å². The van der Waals surface area contributed by atoms with Gasteiger partial charge in [0.1, 0.15) is 0 Å². The molecule has 0 aromatic carbocycles. The third kappa shape index (κ3) is 2.64. The van der Waals surface area contributed by atoms with E-state index in [9.17, 15) is 0 Å². The van der Waals surface area contributed by atoms with E-state index in [1.165, 1.54) is 32.1 Å². The van der Waals surface area contributed by atoms with Crippen LogP contribution in [0.3, 0.4) is 0 Å². The zero-order valence-corrected chi connectivity index (χ0v) is 10.5. The number of hydrogen-bond acceptors (Lipinski definition) is 3. The molecule has 16 heavy (non-hydrogen) atoms. The van der Waals surface area contributed by atoms with Crippen LogP contribution in [0.2, 0.25) is 0 Å². The van der Waals surface area contributed by atoms with E-state index in [2.05, 4.69) is 22.1 Å². The molecule has 0 saturated heterocycles. The summed E-state index contributed by atoms with van der Waals surface area (Å²) in [5, 5.41) is 8.31. The molecule has 1 aliphatic rings. The van der Waals surface area contributed by atoms with Crippen LogP contribution in [0.4, 0.5) is 5.82 Å². The van der Waals surface area contributed by atoms with E-state index in [0.29, 0.717) is 11.9 Å².